The fraction of sp³-hybridized carbons (Fsp3) is 0.500. The lowest BCUT2D eigenvalue weighted by Crippen LogP contribution is -2.15. The minimum Gasteiger partial charge on any atom is -0.346 e. The average molecular weight is 374 g/mol. The summed E-state index contributed by atoms with van der Waals surface area (Å²) in [6, 6.07) is 2.18. The van der Waals surface area contributed by atoms with Gasteiger partial charge in [-0.3, -0.25) is 0 Å². The van der Waals surface area contributed by atoms with Crippen LogP contribution >= 0.6 is 38.6 Å². The van der Waals surface area contributed by atoms with Gasteiger partial charge < -0.3 is 10.2 Å². The molecule has 2 rings (SSSR count). The molecule has 2 aromatic rings. The van der Waals surface area contributed by atoms with Crippen molar-refractivity contribution in [2.24, 2.45) is 0 Å². The Morgan fingerprint density at radius 1 is 1.40 bits per heavy atom. The zero-order valence-corrected chi connectivity index (χ0v) is 15.3. The molecule has 0 aromatic carbocycles. The summed E-state index contributed by atoms with van der Waals surface area (Å²) < 4.78 is 1.16. The van der Waals surface area contributed by atoms with E-state index in [1.165, 1.54) is 15.4 Å². The van der Waals surface area contributed by atoms with E-state index in [0.717, 1.165) is 35.7 Å². The van der Waals surface area contributed by atoms with Crippen molar-refractivity contribution in [3.05, 3.63) is 31.4 Å². The van der Waals surface area contributed by atoms with E-state index in [2.05, 4.69) is 58.5 Å². The molecular weight excluding hydrogens is 354 g/mol. The van der Waals surface area contributed by atoms with Crippen molar-refractivity contribution >= 4 is 43.7 Å². The molecule has 2 heterocycles. The number of nitrogens with one attached hydrogen (secondary N) is 1. The number of thiazole rings is 1. The molecule has 0 unspecified atom stereocenters. The fourth-order valence-electron chi connectivity index (χ4n) is 1.92. The summed E-state index contributed by atoms with van der Waals surface area (Å²) in [4.78, 5) is 9.73. The Hall–Kier alpha value is -0.430. The van der Waals surface area contributed by atoms with Crippen molar-refractivity contribution < 1.29 is 0 Å². The van der Waals surface area contributed by atoms with Crippen LogP contribution in [0.4, 0.5) is 5.13 Å². The molecule has 110 valence electrons. The summed E-state index contributed by atoms with van der Waals surface area (Å²) in [6.45, 7) is 7.14. The van der Waals surface area contributed by atoms with Gasteiger partial charge in [0.05, 0.1) is 12.2 Å². The zero-order valence-electron chi connectivity index (χ0n) is 12.1. The lowest BCUT2D eigenvalue weighted by Gasteiger charge is -2.14. The van der Waals surface area contributed by atoms with Gasteiger partial charge in [-0.25, -0.2) is 4.98 Å². The topological polar surface area (TPSA) is 28.2 Å². The molecule has 0 aliphatic rings. The normalized spacial score (nSPS) is 11.0. The predicted octanol–water partition coefficient (Wildman–Crippen LogP) is 4.28. The van der Waals surface area contributed by atoms with E-state index >= 15 is 0 Å². The maximum Gasteiger partial charge on any atom is 0.185 e. The summed E-state index contributed by atoms with van der Waals surface area (Å²) in [7, 11) is 2.11. The Bertz CT molecular complexity index is 550. The van der Waals surface area contributed by atoms with Gasteiger partial charge in [-0.05, 0) is 35.0 Å². The van der Waals surface area contributed by atoms with E-state index in [9.17, 15) is 0 Å². The van der Waals surface area contributed by atoms with Gasteiger partial charge in [0.15, 0.2) is 5.13 Å². The Morgan fingerprint density at radius 2 is 2.20 bits per heavy atom. The van der Waals surface area contributed by atoms with E-state index in [4.69, 9.17) is 4.98 Å². The number of nitrogens with zero attached hydrogens (tertiary/aromatic N) is 2. The summed E-state index contributed by atoms with van der Waals surface area (Å²) in [5.74, 6) is 0. The first-order valence-electron chi connectivity index (χ1n) is 6.77. The molecule has 20 heavy (non-hydrogen) atoms. The molecule has 0 fully saturated rings. The lowest BCUT2D eigenvalue weighted by atomic mass is 10.3. The highest BCUT2D eigenvalue weighted by Gasteiger charge is 2.13. The molecule has 0 aliphatic carbocycles. The summed E-state index contributed by atoms with van der Waals surface area (Å²) >= 11 is 7.09. The highest BCUT2D eigenvalue weighted by atomic mass is 79.9. The van der Waals surface area contributed by atoms with Crippen LogP contribution in [0.2, 0.25) is 0 Å². The maximum atomic E-state index is 4.78. The molecule has 0 saturated heterocycles. The second kappa shape index (κ2) is 7.54. The highest BCUT2D eigenvalue weighted by Crippen LogP contribution is 2.28. The molecular formula is C14H20BrN3S2. The van der Waals surface area contributed by atoms with Crippen LogP contribution < -0.4 is 10.2 Å². The van der Waals surface area contributed by atoms with Crippen molar-refractivity contribution in [1.29, 1.82) is 0 Å². The number of rotatable bonds is 7. The molecule has 1 N–H and O–H groups in total. The lowest BCUT2D eigenvalue weighted by molar-refractivity contribution is 0.727. The van der Waals surface area contributed by atoms with Crippen molar-refractivity contribution in [2.75, 3.05) is 18.5 Å². The molecule has 6 heteroatoms. The molecule has 3 nitrogen and oxygen atoms in total. The van der Waals surface area contributed by atoms with Crippen molar-refractivity contribution in [3.8, 4) is 0 Å². The van der Waals surface area contributed by atoms with Crippen molar-refractivity contribution in [2.45, 2.75) is 33.4 Å². The number of hydrogen-bond acceptors (Lipinski definition) is 5. The highest BCUT2D eigenvalue weighted by molar-refractivity contribution is 9.10. The van der Waals surface area contributed by atoms with Gasteiger partial charge >= 0.3 is 0 Å². The van der Waals surface area contributed by atoms with Gasteiger partial charge in [-0.15, -0.1) is 22.7 Å². The Kier molecular flexibility index (Phi) is 6.01. The molecule has 0 amide bonds. The average Bonchev–Trinajstić information content (AvgIpc) is 3.02. The molecule has 0 radical (unpaired) electrons. The molecule has 0 aliphatic heterocycles. The SMILES string of the molecule is CCNCc1sc(N(C)Cc2cc(Br)cs2)nc1CC. The second-order valence-electron chi connectivity index (χ2n) is 4.59. The first-order valence-corrected chi connectivity index (χ1v) is 9.26. The zero-order chi connectivity index (χ0) is 14.5. The summed E-state index contributed by atoms with van der Waals surface area (Å²) in [5.41, 5.74) is 1.23. The number of aromatic nitrogens is 1. The van der Waals surface area contributed by atoms with Crippen LogP contribution in [0.25, 0.3) is 0 Å². The molecule has 0 atom stereocenters. The van der Waals surface area contributed by atoms with Crippen LogP contribution in [0.5, 0.6) is 0 Å². The number of hydrogen-bond donors (Lipinski definition) is 1. The van der Waals surface area contributed by atoms with Crippen LogP contribution in [0.3, 0.4) is 0 Å². The number of anilines is 1. The van der Waals surface area contributed by atoms with E-state index in [0.29, 0.717) is 0 Å². The first-order chi connectivity index (χ1) is 9.63. The van der Waals surface area contributed by atoms with E-state index in [-0.39, 0.29) is 0 Å². The monoisotopic (exact) mass is 373 g/mol. The maximum absolute atomic E-state index is 4.78. The molecule has 0 spiro atoms. The third kappa shape index (κ3) is 4.04. The van der Waals surface area contributed by atoms with Crippen LogP contribution in [-0.4, -0.2) is 18.6 Å². The third-order valence-electron chi connectivity index (χ3n) is 2.98. The van der Waals surface area contributed by atoms with Gasteiger partial charge in [-0.1, -0.05) is 13.8 Å². The Labute approximate surface area is 137 Å². The smallest absolute Gasteiger partial charge is 0.185 e. The van der Waals surface area contributed by atoms with E-state index in [1.54, 1.807) is 22.7 Å². The van der Waals surface area contributed by atoms with Gasteiger partial charge in [0, 0.05) is 33.2 Å². The third-order valence-corrected chi connectivity index (χ3v) is 5.87. The van der Waals surface area contributed by atoms with E-state index < -0.39 is 0 Å². The molecule has 0 bridgehead atoms. The predicted molar refractivity (Wildman–Crippen MR) is 93.0 cm³/mol. The minimum absolute atomic E-state index is 0.910. The van der Waals surface area contributed by atoms with Gasteiger partial charge in [-0.2, -0.15) is 0 Å². The Morgan fingerprint density at radius 3 is 2.80 bits per heavy atom. The summed E-state index contributed by atoms with van der Waals surface area (Å²) in [6.07, 6.45) is 0.996. The fourth-order valence-corrected chi connectivity index (χ4v) is 4.51. The molecule has 2 aromatic heterocycles. The van der Waals surface area contributed by atoms with Crippen molar-refractivity contribution in [1.82, 2.24) is 10.3 Å². The largest absolute Gasteiger partial charge is 0.346 e. The van der Waals surface area contributed by atoms with Crippen molar-refractivity contribution in [3.63, 3.8) is 0 Å². The van der Waals surface area contributed by atoms with Gasteiger partial charge in [0.1, 0.15) is 0 Å². The van der Waals surface area contributed by atoms with Crippen LogP contribution in [0.1, 0.15) is 29.3 Å². The van der Waals surface area contributed by atoms with Crippen LogP contribution in [0.15, 0.2) is 15.9 Å². The Balaban J connectivity index is 2.09. The molecule has 0 saturated carbocycles. The number of thiophene rings is 1. The van der Waals surface area contributed by atoms with Crippen LogP contribution in [-0.2, 0) is 19.5 Å². The summed E-state index contributed by atoms with van der Waals surface area (Å²) in [5, 5.41) is 6.63. The standard InChI is InChI=1S/C14H20BrN3S2/c1-4-12-13(7-16-5-2)20-14(17-12)18(3)8-11-6-10(15)9-19-11/h6,9,16H,4-5,7-8H2,1-3H3. The number of aryl methyl sites for hydroxylation is 1. The van der Waals surface area contributed by atoms with E-state index in [1.807, 2.05) is 0 Å². The number of halogens is 1. The first kappa shape index (κ1) is 15.9. The second-order valence-corrected chi connectivity index (χ2v) is 7.56. The van der Waals surface area contributed by atoms with Gasteiger partial charge in [0.2, 0.25) is 0 Å². The minimum atomic E-state index is 0.910. The van der Waals surface area contributed by atoms with Crippen LogP contribution in [0, 0.1) is 0 Å². The quantitative estimate of drug-likeness (QED) is 0.784. The van der Waals surface area contributed by atoms with Gasteiger partial charge in [0.25, 0.3) is 0 Å².